The van der Waals surface area contributed by atoms with Gasteiger partial charge in [-0.2, -0.15) is 0 Å². The number of rotatable bonds is 3. The third-order valence-electron chi connectivity index (χ3n) is 4.32. The maximum atomic E-state index is 13.2. The largest absolute Gasteiger partial charge is 0.336 e. The molecule has 0 aliphatic carbocycles. The van der Waals surface area contributed by atoms with Gasteiger partial charge in [0, 0.05) is 4.47 Å². The van der Waals surface area contributed by atoms with Crippen LogP contribution in [0.4, 0.5) is 0 Å². The fraction of sp³-hybridized carbons (Fsp3) is 0.0476. The summed E-state index contributed by atoms with van der Waals surface area (Å²) in [6.45, 7) is 0.389. The SMILES string of the molecule is O=c1c2ccccc2n(Cc2ccc(Br)cc2)c(=O)n1-c1ccccc1. The number of para-hydroxylation sites is 2. The molecule has 0 fully saturated rings. The van der Waals surface area contributed by atoms with Crippen LogP contribution >= 0.6 is 15.9 Å². The molecule has 4 aromatic rings. The van der Waals surface area contributed by atoms with Crippen molar-refractivity contribution >= 4 is 26.8 Å². The highest BCUT2D eigenvalue weighted by molar-refractivity contribution is 9.10. The molecule has 0 atom stereocenters. The van der Waals surface area contributed by atoms with Crippen LogP contribution in [0.15, 0.2) is 92.9 Å². The summed E-state index contributed by atoms with van der Waals surface area (Å²) >= 11 is 3.42. The number of halogens is 1. The number of fused-ring (bicyclic) bond motifs is 1. The first-order valence-electron chi connectivity index (χ1n) is 8.19. The monoisotopic (exact) mass is 406 g/mol. The fourth-order valence-electron chi connectivity index (χ4n) is 3.05. The second-order valence-corrected chi connectivity index (χ2v) is 6.90. The first kappa shape index (κ1) is 16.5. The van der Waals surface area contributed by atoms with Crippen LogP contribution in [0.1, 0.15) is 5.56 Å². The Labute approximate surface area is 158 Å². The Hall–Kier alpha value is -2.92. The Morgan fingerprint density at radius 1 is 0.769 bits per heavy atom. The zero-order valence-electron chi connectivity index (χ0n) is 13.8. The van der Waals surface area contributed by atoms with Crippen molar-refractivity contribution in [3.8, 4) is 5.69 Å². The van der Waals surface area contributed by atoms with Gasteiger partial charge in [-0.05, 0) is 42.0 Å². The lowest BCUT2D eigenvalue weighted by Crippen LogP contribution is -2.39. The zero-order chi connectivity index (χ0) is 18.1. The van der Waals surface area contributed by atoms with Crippen LogP contribution in [-0.4, -0.2) is 9.13 Å². The zero-order valence-corrected chi connectivity index (χ0v) is 15.4. The van der Waals surface area contributed by atoms with E-state index in [9.17, 15) is 9.59 Å². The fourth-order valence-corrected chi connectivity index (χ4v) is 3.32. The van der Waals surface area contributed by atoms with Crippen molar-refractivity contribution in [3.63, 3.8) is 0 Å². The normalized spacial score (nSPS) is 11.0. The molecule has 5 heteroatoms. The van der Waals surface area contributed by atoms with E-state index in [1.165, 1.54) is 4.57 Å². The van der Waals surface area contributed by atoms with Crippen LogP contribution in [0.3, 0.4) is 0 Å². The van der Waals surface area contributed by atoms with Gasteiger partial charge in [-0.15, -0.1) is 0 Å². The predicted molar refractivity (Wildman–Crippen MR) is 107 cm³/mol. The summed E-state index contributed by atoms with van der Waals surface area (Å²) in [7, 11) is 0. The van der Waals surface area contributed by atoms with Crippen LogP contribution in [-0.2, 0) is 6.54 Å². The van der Waals surface area contributed by atoms with Gasteiger partial charge in [0.05, 0.1) is 23.1 Å². The van der Waals surface area contributed by atoms with Gasteiger partial charge >= 0.3 is 5.69 Å². The smallest absolute Gasteiger partial charge is 0.288 e. The minimum absolute atomic E-state index is 0.302. The molecule has 4 nitrogen and oxygen atoms in total. The average molecular weight is 407 g/mol. The summed E-state index contributed by atoms with van der Waals surface area (Å²) in [5.41, 5.74) is 1.54. The van der Waals surface area contributed by atoms with E-state index in [-0.39, 0.29) is 11.2 Å². The average Bonchev–Trinajstić information content (AvgIpc) is 2.68. The van der Waals surface area contributed by atoms with E-state index in [0.717, 1.165) is 10.0 Å². The van der Waals surface area contributed by atoms with Crippen molar-refractivity contribution in [1.29, 1.82) is 0 Å². The van der Waals surface area contributed by atoms with Gasteiger partial charge in [-0.25, -0.2) is 9.36 Å². The van der Waals surface area contributed by atoms with Crippen molar-refractivity contribution < 1.29 is 0 Å². The van der Waals surface area contributed by atoms with Gasteiger partial charge in [-0.1, -0.05) is 58.4 Å². The second kappa shape index (κ2) is 6.77. The van der Waals surface area contributed by atoms with Crippen LogP contribution in [0.2, 0.25) is 0 Å². The number of hydrogen-bond donors (Lipinski definition) is 0. The Balaban J connectivity index is 2.01. The van der Waals surface area contributed by atoms with Crippen molar-refractivity contribution in [3.05, 3.63) is 110 Å². The van der Waals surface area contributed by atoms with Crippen LogP contribution < -0.4 is 11.2 Å². The van der Waals surface area contributed by atoms with Crippen LogP contribution in [0, 0.1) is 0 Å². The number of benzene rings is 3. The molecule has 0 radical (unpaired) electrons. The molecule has 1 aromatic heterocycles. The van der Waals surface area contributed by atoms with E-state index in [4.69, 9.17) is 0 Å². The summed E-state index contributed by atoms with van der Waals surface area (Å²) in [5.74, 6) is 0. The molecule has 0 aliphatic heterocycles. The number of aromatic nitrogens is 2. The lowest BCUT2D eigenvalue weighted by atomic mass is 10.2. The highest BCUT2D eigenvalue weighted by Crippen LogP contribution is 2.14. The molecule has 0 amide bonds. The van der Waals surface area contributed by atoms with E-state index in [1.54, 1.807) is 22.8 Å². The maximum Gasteiger partial charge on any atom is 0.336 e. The van der Waals surface area contributed by atoms with E-state index < -0.39 is 0 Å². The molecule has 128 valence electrons. The van der Waals surface area contributed by atoms with Crippen LogP contribution in [0.25, 0.3) is 16.6 Å². The minimum atomic E-state index is -0.345. The molecule has 0 unspecified atom stereocenters. The Kier molecular flexibility index (Phi) is 4.31. The summed E-state index contributed by atoms with van der Waals surface area (Å²) in [6.07, 6.45) is 0. The van der Waals surface area contributed by atoms with Crippen molar-refractivity contribution in [1.82, 2.24) is 9.13 Å². The number of hydrogen-bond acceptors (Lipinski definition) is 2. The maximum absolute atomic E-state index is 13.2. The Morgan fingerprint density at radius 3 is 2.15 bits per heavy atom. The topological polar surface area (TPSA) is 44.0 Å². The lowest BCUT2D eigenvalue weighted by molar-refractivity contribution is 0.714. The van der Waals surface area contributed by atoms with E-state index >= 15 is 0 Å². The predicted octanol–water partition coefficient (Wildman–Crippen LogP) is 3.96. The standard InChI is InChI=1S/C21H15BrN2O2/c22-16-12-10-15(11-13-16)14-23-19-9-5-4-8-18(19)20(25)24(21(23)26)17-6-2-1-3-7-17/h1-13H,14H2. The third kappa shape index (κ3) is 2.91. The Bertz CT molecular complexity index is 1190. The van der Waals surface area contributed by atoms with Crippen molar-refractivity contribution in [2.75, 3.05) is 0 Å². The van der Waals surface area contributed by atoms with E-state index in [0.29, 0.717) is 23.1 Å². The second-order valence-electron chi connectivity index (χ2n) is 5.99. The molecule has 0 saturated heterocycles. The summed E-state index contributed by atoms with van der Waals surface area (Å²) < 4.78 is 3.86. The molecule has 26 heavy (non-hydrogen) atoms. The molecule has 0 N–H and O–H groups in total. The number of nitrogens with zero attached hydrogens (tertiary/aromatic N) is 2. The van der Waals surface area contributed by atoms with Crippen LogP contribution in [0.5, 0.6) is 0 Å². The summed E-state index contributed by atoms with van der Waals surface area (Å²) in [4.78, 5) is 26.1. The molecule has 0 saturated carbocycles. The van der Waals surface area contributed by atoms with Gasteiger partial charge < -0.3 is 0 Å². The van der Waals surface area contributed by atoms with Crippen molar-refractivity contribution in [2.45, 2.75) is 6.54 Å². The Morgan fingerprint density at radius 2 is 1.42 bits per heavy atom. The summed E-state index contributed by atoms with van der Waals surface area (Å²) in [6, 6.07) is 24.0. The summed E-state index contributed by atoms with van der Waals surface area (Å²) in [5, 5.41) is 0.521. The third-order valence-corrected chi connectivity index (χ3v) is 4.85. The first-order chi connectivity index (χ1) is 12.6. The van der Waals surface area contributed by atoms with E-state index in [1.807, 2.05) is 60.7 Å². The molecule has 0 spiro atoms. The van der Waals surface area contributed by atoms with Gasteiger partial charge in [0.15, 0.2) is 0 Å². The van der Waals surface area contributed by atoms with Gasteiger partial charge in [0.25, 0.3) is 5.56 Å². The molecule has 4 rings (SSSR count). The minimum Gasteiger partial charge on any atom is -0.288 e. The van der Waals surface area contributed by atoms with Gasteiger partial charge in [0.2, 0.25) is 0 Å². The quantitative estimate of drug-likeness (QED) is 0.516. The molecule has 1 heterocycles. The molecule has 0 aliphatic rings. The first-order valence-corrected chi connectivity index (χ1v) is 8.99. The van der Waals surface area contributed by atoms with Crippen molar-refractivity contribution in [2.24, 2.45) is 0 Å². The van der Waals surface area contributed by atoms with Gasteiger partial charge in [-0.3, -0.25) is 9.36 Å². The van der Waals surface area contributed by atoms with Gasteiger partial charge in [0.1, 0.15) is 0 Å². The molecule has 0 bridgehead atoms. The molecular weight excluding hydrogens is 392 g/mol. The highest BCUT2D eigenvalue weighted by atomic mass is 79.9. The molecular formula is C21H15BrN2O2. The van der Waals surface area contributed by atoms with E-state index in [2.05, 4.69) is 15.9 Å². The molecule has 3 aromatic carbocycles. The lowest BCUT2D eigenvalue weighted by Gasteiger charge is -2.14. The highest BCUT2D eigenvalue weighted by Gasteiger charge is 2.14.